The Labute approximate surface area is 255 Å². The number of nitrogens with zero attached hydrogens (tertiary/aromatic N) is 5. The Bertz CT molecular complexity index is 1630. The summed E-state index contributed by atoms with van der Waals surface area (Å²) in [5, 5.41) is 13.5. The van der Waals surface area contributed by atoms with Gasteiger partial charge >= 0.3 is 12.0 Å². The molecule has 44 heavy (non-hydrogen) atoms. The van der Waals surface area contributed by atoms with Gasteiger partial charge in [0.15, 0.2) is 5.82 Å². The first-order valence-electron chi connectivity index (χ1n) is 14.9. The number of methoxy groups -OCH3 is 1. The summed E-state index contributed by atoms with van der Waals surface area (Å²) in [6.45, 7) is 2.59. The number of carbonyl (C=O) groups excluding carboxylic acids is 2. The standard InChI is InChI=1S/C32H36N6O6/c1-19-25(43-3)10-9-23-26(19)34-27(20-11-13-33-14-12-20)35-29(23)44-22-16-24-28(39)36-32(30(40)41)17-21(32)8-6-4-5-7-15-37(2)31(42)38(24)18-22/h6,8-14,21-22,24H,4-5,7,15-18H2,1-3H3,(H,36,39)(H,40,41). The minimum atomic E-state index is -1.36. The number of carbonyl (C=O) groups is 3. The lowest BCUT2D eigenvalue weighted by molar-refractivity contribution is -0.144. The molecule has 2 aromatic heterocycles. The van der Waals surface area contributed by atoms with Crippen molar-refractivity contribution in [3.05, 3.63) is 54.4 Å². The summed E-state index contributed by atoms with van der Waals surface area (Å²) in [4.78, 5) is 56.4. The number of aryl methyl sites for hydroxylation is 1. The molecule has 3 aliphatic rings. The summed E-state index contributed by atoms with van der Waals surface area (Å²) < 4.78 is 12.1. The molecule has 3 amide bonds. The third-order valence-electron chi connectivity index (χ3n) is 8.84. The molecule has 2 aliphatic heterocycles. The first kappa shape index (κ1) is 29.3. The summed E-state index contributed by atoms with van der Waals surface area (Å²) in [5.74, 6) is -0.433. The second-order valence-electron chi connectivity index (χ2n) is 11.7. The fraction of sp³-hybridized carbons (Fsp3) is 0.438. The van der Waals surface area contributed by atoms with Crippen molar-refractivity contribution in [3.63, 3.8) is 0 Å². The van der Waals surface area contributed by atoms with Crippen LogP contribution in [-0.2, 0) is 9.59 Å². The molecular formula is C32H36N6O6. The number of carboxylic acid groups (broad SMARTS) is 1. The van der Waals surface area contributed by atoms with Gasteiger partial charge in [-0.25, -0.2) is 14.6 Å². The largest absolute Gasteiger partial charge is 0.496 e. The number of hydrogen-bond acceptors (Lipinski definition) is 8. The SMILES string of the molecule is COc1ccc2c(OC3CC4C(=O)NC5(C(=O)O)CC5C=CCCCCN(C)C(=O)N4C3)nc(-c3ccncc3)nc2c1C. The van der Waals surface area contributed by atoms with Crippen molar-refractivity contribution in [1.29, 1.82) is 0 Å². The average Bonchev–Trinajstić information content (AvgIpc) is 3.56. The van der Waals surface area contributed by atoms with E-state index in [1.54, 1.807) is 31.5 Å². The topological polar surface area (TPSA) is 147 Å². The maximum atomic E-state index is 13.7. The molecule has 4 unspecified atom stereocenters. The van der Waals surface area contributed by atoms with E-state index in [2.05, 4.69) is 10.3 Å². The molecule has 1 aromatic carbocycles. The second kappa shape index (κ2) is 11.7. The number of aromatic nitrogens is 3. The zero-order valence-corrected chi connectivity index (χ0v) is 25.0. The van der Waals surface area contributed by atoms with E-state index in [1.165, 1.54) is 4.90 Å². The van der Waals surface area contributed by atoms with Crippen molar-refractivity contribution < 1.29 is 29.0 Å². The van der Waals surface area contributed by atoms with Gasteiger partial charge in [0.1, 0.15) is 23.4 Å². The first-order chi connectivity index (χ1) is 21.2. The molecule has 6 rings (SSSR count). The number of carboxylic acids is 1. The van der Waals surface area contributed by atoms with Crippen LogP contribution in [0.4, 0.5) is 4.79 Å². The average molecular weight is 601 g/mol. The van der Waals surface area contributed by atoms with Crippen LogP contribution in [0.2, 0.25) is 0 Å². The molecular weight excluding hydrogens is 564 g/mol. The van der Waals surface area contributed by atoms with Crippen LogP contribution < -0.4 is 14.8 Å². The first-order valence-corrected chi connectivity index (χ1v) is 14.9. The Balaban J connectivity index is 1.34. The van der Waals surface area contributed by atoms with Crippen LogP contribution >= 0.6 is 0 Å². The highest BCUT2D eigenvalue weighted by Gasteiger charge is 2.61. The van der Waals surface area contributed by atoms with Crippen molar-refractivity contribution in [1.82, 2.24) is 30.1 Å². The number of pyridine rings is 1. The highest BCUT2D eigenvalue weighted by atomic mass is 16.5. The number of benzene rings is 1. The lowest BCUT2D eigenvalue weighted by atomic mass is 10.1. The van der Waals surface area contributed by atoms with Crippen LogP contribution in [0.1, 0.15) is 37.7 Å². The Morgan fingerprint density at radius 2 is 1.93 bits per heavy atom. The summed E-state index contributed by atoms with van der Waals surface area (Å²) in [5.41, 5.74) is 0.859. The third kappa shape index (κ3) is 5.40. The van der Waals surface area contributed by atoms with E-state index in [0.29, 0.717) is 41.3 Å². The van der Waals surface area contributed by atoms with Crippen LogP contribution in [-0.4, -0.2) is 92.7 Å². The van der Waals surface area contributed by atoms with Crippen LogP contribution in [0.25, 0.3) is 22.3 Å². The Morgan fingerprint density at radius 1 is 1.14 bits per heavy atom. The molecule has 2 N–H and O–H groups in total. The monoisotopic (exact) mass is 600 g/mol. The summed E-state index contributed by atoms with van der Waals surface area (Å²) in [6.07, 6.45) is 9.54. The van der Waals surface area contributed by atoms with E-state index in [4.69, 9.17) is 19.4 Å². The highest BCUT2D eigenvalue weighted by molar-refractivity contribution is 5.95. The zero-order valence-electron chi connectivity index (χ0n) is 25.0. The van der Waals surface area contributed by atoms with Crippen LogP contribution in [0, 0.1) is 12.8 Å². The van der Waals surface area contributed by atoms with E-state index in [1.807, 2.05) is 43.3 Å². The van der Waals surface area contributed by atoms with E-state index < -0.39 is 29.6 Å². The Kier molecular flexibility index (Phi) is 7.83. The van der Waals surface area contributed by atoms with Crippen LogP contribution in [0.15, 0.2) is 48.8 Å². The lowest BCUT2D eigenvalue weighted by Crippen LogP contribution is -2.54. The number of rotatable bonds is 5. The number of amides is 3. The number of aliphatic carboxylic acids is 1. The molecule has 1 aliphatic carbocycles. The summed E-state index contributed by atoms with van der Waals surface area (Å²) >= 11 is 0. The second-order valence-corrected chi connectivity index (χ2v) is 11.7. The van der Waals surface area contributed by atoms with E-state index in [0.717, 1.165) is 30.4 Å². The highest BCUT2D eigenvalue weighted by Crippen LogP contribution is 2.45. The van der Waals surface area contributed by atoms with Crippen molar-refractivity contribution in [2.45, 2.75) is 56.7 Å². The maximum Gasteiger partial charge on any atom is 0.330 e. The summed E-state index contributed by atoms with van der Waals surface area (Å²) in [6, 6.07) is 6.07. The molecule has 12 heteroatoms. The number of hydrogen-bond donors (Lipinski definition) is 2. The van der Waals surface area contributed by atoms with Gasteiger partial charge in [-0.2, -0.15) is 4.98 Å². The summed E-state index contributed by atoms with van der Waals surface area (Å²) in [7, 11) is 3.32. The Morgan fingerprint density at radius 3 is 2.68 bits per heavy atom. The van der Waals surface area contributed by atoms with Gasteiger partial charge in [-0.15, -0.1) is 0 Å². The van der Waals surface area contributed by atoms with Crippen LogP contribution in [0.3, 0.4) is 0 Å². The van der Waals surface area contributed by atoms with Gasteiger partial charge < -0.3 is 29.7 Å². The van der Waals surface area contributed by atoms with Crippen molar-refractivity contribution in [2.75, 3.05) is 27.2 Å². The fourth-order valence-corrected chi connectivity index (χ4v) is 6.18. The molecule has 3 aromatic rings. The molecule has 4 heterocycles. The van der Waals surface area contributed by atoms with Crippen molar-refractivity contribution in [3.8, 4) is 23.0 Å². The number of allylic oxidation sites excluding steroid dienone is 1. The van der Waals surface area contributed by atoms with Crippen molar-refractivity contribution in [2.24, 2.45) is 5.92 Å². The van der Waals surface area contributed by atoms with Gasteiger partial charge in [-0.05, 0) is 56.9 Å². The fourth-order valence-electron chi connectivity index (χ4n) is 6.18. The maximum absolute atomic E-state index is 13.7. The zero-order chi connectivity index (χ0) is 31.0. The molecule has 0 radical (unpaired) electrons. The van der Waals surface area contributed by atoms with E-state index in [-0.39, 0.29) is 24.9 Å². The third-order valence-corrected chi connectivity index (χ3v) is 8.84. The molecule has 230 valence electrons. The molecule has 12 nitrogen and oxygen atoms in total. The smallest absolute Gasteiger partial charge is 0.330 e. The lowest BCUT2D eigenvalue weighted by Gasteiger charge is -2.29. The van der Waals surface area contributed by atoms with E-state index >= 15 is 0 Å². The number of urea groups is 1. The van der Waals surface area contributed by atoms with Gasteiger partial charge in [-0.3, -0.25) is 9.78 Å². The molecule has 0 spiro atoms. The normalized spacial score (nSPS) is 25.6. The van der Waals surface area contributed by atoms with Gasteiger partial charge in [0.05, 0.1) is 24.6 Å². The predicted octanol–water partition coefficient (Wildman–Crippen LogP) is 3.58. The molecule has 2 fully saturated rings. The van der Waals surface area contributed by atoms with E-state index in [9.17, 15) is 19.5 Å². The molecule has 0 bridgehead atoms. The molecule has 1 saturated carbocycles. The van der Waals surface area contributed by atoms with Gasteiger partial charge in [0.2, 0.25) is 11.8 Å². The van der Waals surface area contributed by atoms with Gasteiger partial charge in [0.25, 0.3) is 0 Å². The number of nitrogens with one attached hydrogen (secondary N) is 1. The minimum Gasteiger partial charge on any atom is -0.496 e. The molecule has 1 saturated heterocycles. The van der Waals surface area contributed by atoms with Crippen molar-refractivity contribution >= 4 is 28.8 Å². The predicted molar refractivity (Wildman–Crippen MR) is 161 cm³/mol. The van der Waals surface area contributed by atoms with Gasteiger partial charge in [-0.1, -0.05) is 12.2 Å². The Hall–Kier alpha value is -4.74. The number of fused-ring (bicyclic) bond motifs is 3. The minimum absolute atomic E-state index is 0.135. The van der Waals surface area contributed by atoms with Crippen LogP contribution in [0.5, 0.6) is 11.6 Å². The van der Waals surface area contributed by atoms with Gasteiger partial charge in [0, 0.05) is 49.5 Å². The quantitative estimate of drug-likeness (QED) is 0.420. The number of ether oxygens (including phenoxy) is 2. The molecule has 4 atom stereocenters.